The third-order valence-electron chi connectivity index (χ3n) is 3.97. The molecule has 1 aliphatic carbocycles. The summed E-state index contributed by atoms with van der Waals surface area (Å²) < 4.78 is 60.0. The van der Waals surface area contributed by atoms with Gasteiger partial charge in [0, 0.05) is 12.3 Å². The Kier molecular flexibility index (Phi) is 5.67. The van der Waals surface area contributed by atoms with Crippen molar-refractivity contribution in [2.24, 2.45) is 11.8 Å². The van der Waals surface area contributed by atoms with Crippen LogP contribution in [0.25, 0.3) is 0 Å². The van der Waals surface area contributed by atoms with Crippen molar-refractivity contribution in [1.29, 1.82) is 0 Å². The van der Waals surface area contributed by atoms with Crippen molar-refractivity contribution in [3.05, 3.63) is 0 Å². The number of hydrogen-bond donors (Lipinski definition) is 1. The summed E-state index contributed by atoms with van der Waals surface area (Å²) >= 11 is 0. The highest BCUT2D eigenvalue weighted by Gasteiger charge is 2.42. The zero-order chi connectivity index (χ0) is 14.7. The molecule has 1 unspecified atom stereocenters. The van der Waals surface area contributed by atoms with Crippen LogP contribution in [0.15, 0.2) is 0 Å². The second-order valence-corrected chi connectivity index (χ2v) is 7.73. The molecule has 1 saturated carbocycles. The van der Waals surface area contributed by atoms with E-state index in [2.05, 4.69) is 5.32 Å². The standard InChI is InChI=1S/C12H22F3NO2S/c1-16-11(7-8-19(2,17)18)9-3-5-10(6-4-9)12(13,14)15/h9-11,16H,3-8H2,1-2H3. The van der Waals surface area contributed by atoms with Gasteiger partial charge in [-0.2, -0.15) is 13.2 Å². The average Bonchev–Trinajstić information content (AvgIpc) is 2.28. The fraction of sp³-hybridized carbons (Fsp3) is 1.00. The lowest BCUT2D eigenvalue weighted by molar-refractivity contribution is -0.184. The lowest BCUT2D eigenvalue weighted by Gasteiger charge is -2.34. The first kappa shape index (κ1) is 16.8. The second kappa shape index (κ2) is 6.43. The number of hydrogen-bond acceptors (Lipinski definition) is 3. The summed E-state index contributed by atoms with van der Waals surface area (Å²) in [6.45, 7) is 0. The van der Waals surface area contributed by atoms with Gasteiger partial charge in [-0.25, -0.2) is 8.42 Å². The quantitative estimate of drug-likeness (QED) is 0.848. The lowest BCUT2D eigenvalue weighted by Crippen LogP contribution is -2.39. The molecule has 0 spiro atoms. The van der Waals surface area contributed by atoms with E-state index in [1.165, 1.54) is 6.26 Å². The molecule has 1 N–H and O–H groups in total. The van der Waals surface area contributed by atoms with E-state index in [4.69, 9.17) is 0 Å². The molecule has 0 aromatic carbocycles. The van der Waals surface area contributed by atoms with Crippen LogP contribution >= 0.6 is 0 Å². The van der Waals surface area contributed by atoms with Crippen LogP contribution in [0.2, 0.25) is 0 Å². The number of rotatable bonds is 5. The van der Waals surface area contributed by atoms with Crippen LogP contribution in [0.4, 0.5) is 13.2 Å². The molecule has 19 heavy (non-hydrogen) atoms. The van der Waals surface area contributed by atoms with Crippen molar-refractivity contribution < 1.29 is 21.6 Å². The van der Waals surface area contributed by atoms with Crippen LogP contribution in [0, 0.1) is 11.8 Å². The predicted molar refractivity (Wildman–Crippen MR) is 68.7 cm³/mol. The normalized spacial score (nSPS) is 27.2. The molecule has 0 amide bonds. The molecule has 1 fully saturated rings. The lowest BCUT2D eigenvalue weighted by atomic mass is 9.77. The summed E-state index contributed by atoms with van der Waals surface area (Å²) in [5.41, 5.74) is 0. The highest BCUT2D eigenvalue weighted by Crippen LogP contribution is 2.40. The van der Waals surface area contributed by atoms with E-state index < -0.39 is 21.9 Å². The Balaban J connectivity index is 2.48. The van der Waals surface area contributed by atoms with E-state index in [0.29, 0.717) is 19.3 Å². The SMILES string of the molecule is CNC(CCS(C)(=O)=O)C1CCC(C(F)(F)F)CC1. The van der Waals surface area contributed by atoms with E-state index in [-0.39, 0.29) is 30.6 Å². The minimum absolute atomic E-state index is 0.0103. The molecule has 0 bridgehead atoms. The molecule has 0 radical (unpaired) electrons. The van der Waals surface area contributed by atoms with E-state index in [1.54, 1.807) is 7.05 Å². The molecule has 7 heteroatoms. The molecule has 0 aliphatic heterocycles. The topological polar surface area (TPSA) is 46.2 Å². The Hall–Kier alpha value is -0.300. The van der Waals surface area contributed by atoms with E-state index >= 15 is 0 Å². The molecule has 0 saturated heterocycles. The van der Waals surface area contributed by atoms with Crippen LogP contribution in [0.3, 0.4) is 0 Å². The molecule has 0 aromatic heterocycles. The summed E-state index contributed by atoms with van der Waals surface area (Å²) in [5, 5.41) is 3.05. The van der Waals surface area contributed by atoms with E-state index in [9.17, 15) is 21.6 Å². The predicted octanol–water partition coefficient (Wildman–Crippen LogP) is 2.38. The molecule has 0 heterocycles. The average molecular weight is 301 g/mol. The van der Waals surface area contributed by atoms with Gasteiger partial charge in [-0.1, -0.05) is 0 Å². The van der Waals surface area contributed by atoms with Crippen molar-refractivity contribution in [1.82, 2.24) is 5.32 Å². The van der Waals surface area contributed by atoms with Crippen molar-refractivity contribution in [3.63, 3.8) is 0 Å². The Morgan fingerprint density at radius 1 is 1.21 bits per heavy atom. The maximum Gasteiger partial charge on any atom is 0.391 e. The monoisotopic (exact) mass is 301 g/mol. The van der Waals surface area contributed by atoms with Crippen LogP contribution in [0.1, 0.15) is 32.1 Å². The van der Waals surface area contributed by atoms with Gasteiger partial charge in [0.05, 0.1) is 11.7 Å². The van der Waals surface area contributed by atoms with Gasteiger partial charge in [0.15, 0.2) is 0 Å². The second-order valence-electron chi connectivity index (χ2n) is 5.47. The van der Waals surface area contributed by atoms with Crippen LogP contribution < -0.4 is 5.32 Å². The summed E-state index contributed by atoms with van der Waals surface area (Å²) in [7, 11) is -1.28. The minimum Gasteiger partial charge on any atom is -0.317 e. The zero-order valence-corrected chi connectivity index (χ0v) is 12.1. The van der Waals surface area contributed by atoms with Gasteiger partial charge in [0.25, 0.3) is 0 Å². The Morgan fingerprint density at radius 2 is 1.74 bits per heavy atom. The highest BCUT2D eigenvalue weighted by atomic mass is 32.2. The minimum atomic E-state index is -4.09. The summed E-state index contributed by atoms with van der Waals surface area (Å²) in [4.78, 5) is 0. The highest BCUT2D eigenvalue weighted by molar-refractivity contribution is 7.90. The van der Waals surface area contributed by atoms with Crippen LogP contribution in [-0.4, -0.2) is 39.7 Å². The molecule has 3 nitrogen and oxygen atoms in total. The van der Waals surface area contributed by atoms with Gasteiger partial charge in [-0.15, -0.1) is 0 Å². The van der Waals surface area contributed by atoms with E-state index in [1.807, 2.05) is 0 Å². The first-order chi connectivity index (χ1) is 8.63. The molecule has 1 rings (SSSR count). The molecule has 1 aliphatic rings. The molecule has 114 valence electrons. The smallest absolute Gasteiger partial charge is 0.317 e. The van der Waals surface area contributed by atoms with Crippen LogP contribution in [-0.2, 0) is 9.84 Å². The number of alkyl halides is 3. The number of sulfone groups is 1. The van der Waals surface area contributed by atoms with Crippen molar-refractivity contribution in [2.75, 3.05) is 19.1 Å². The van der Waals surface area contributed by atoms with E-state index in [0.717, 1.165) is 0 Å². The number of nitrogens with one attached hydrogen (secondary N) is 1. The third-order valence-corrected chi connectivity index (χ3v) is 4.95. The Bertz CT molecular complexity index is 373. The van der Waals surface area contributed by atoms with Crippen molar-refractivity contribution in [3.8, 4) is 0 Å². The van der Waals surface area contributed by atoms with Crippen molar-refractivity contribution >= 4 is 9.84 Å². The fourth-order valence-corrected chi connectivity index (χ4v) is 3.49. The Morgan fingerprint density at radius 3 is 2.11 bits per heavy atom. The summed E-state index contributed by atoms with van der Waals surface area (Å²) in [5.74, 6) is -0.959. The molecular formula is C12H22F3NO2S. The van der Waals surface area contributed by atoms with Gasteiger partial charge in [-0.3, -0.25) is 0 Å². The molecule has 1 atom stereocenters. The first-order valence-electron chi connectivity index (χ1n) is 6.55. The van der Waals surface area contributed by atoms with Crippen molar-refractivity contribution in [2.45, 2.75) is 44.3 Å². The van der Waals surface area contributed by atoms with Gasteiger partial charge < -0.3 is 5.32 Å². The molecule has 0 aromatic rings. The third kappa shape index (κ3) is 5.69. The van der Waals surface area contributed by atoms with Crippen LogP contribution in [0.5, 0.6) is 0 Å². The molecular weight excluding hydrogens is 279 g/mol. The first-order valence-corrected chi connectivity index (χ1v) is 8.61. The maximum atomic E-state index is 12.6. The fourth-order valence-electron chi connectivity index (χ4n) is 2.81. The van der Waals surface area contributed by atoms with Gasteiger partial charge in [0.2, 0.25) is 0 Å². The Labute approximate surface area is 112 Å². The summed E-state index contributed by atoms with van der Waals surface area (Å²) in [6.07, 6.45) is -1.10. The van der Waals surface area contributed by atoms with Gasteiger partial charge in [0.1, 0.15) is 9.84 Å². The van der Waals surface area contributed by atoms with Gasteiger partial charge in [-0.05, 0) is 45.1 Å². The maximum absolute atomic E-state index is 12.6. The summed E-state index contributed by atoms with van der Waals surface area (Å²) in [6, 6.07) is -0.0103. The zero-order valence-electron chi connectivity index (χ0n) is 11.3. The van der Waals surface area contributed by atoms with Gasteiger partial charge >= 0.3 is 6.18 Å². The number of halogens is 3. The largest absolute Gasteiger partial charge is 0.391 e.